The van der Waals surface area contributed by atoms with Gasteiger partial charge in [0, 0.05) is 12.2 Å². The highest BCUT2D eigenvalue weighted by atomic mass is 19.1. The smallest absolute Gasteiger partial charge is 0.316 e. The molecule has 0 spiro atoms. The van der Waals surface area contributed by atoms with Gasteiger partial charge in [-0.1, -0.05) is 30.3 Å². The van der Waals surface area contributed by atoms with Gasteiger partial charge >= 0.3 is 11.8 Å². The predicted octanol–water partition coefficient (Wildman–Crippen LogP) is 2.20. The second kappa shape index (κ2) is 6.85. The lowest BCUT2D eigenvalue weighted by Gasteiger charge is -2.23. The fraction of sp³-hybridized carbons (Fsp3) is 0.176. The second-order valence-corrected chi connectivity index (χ2v) is 4.98. The first kappa shape index (κ1) is 15.7. The molecule has 0 aliphatic rings. The normalized spacial score (nSPS) is 10.3. The van der Waals surface area contributed by atoms with Gasteiger partial charge in [0.15, 0.2) is 0 Å². The Bertz CT molecular complexity index is 683. The number of carbonyl (C=O) groups excluding carboxylic acids is 2. The quantitative estimate of drug-likeness (QED) is 0.880. The minimum Gasteiger partial charge on any atom is -0.361 e. The molecule has 0 saturated heterocycles. The largest absolute Gasteiger partial charge is 0.361 e. The molecule has 114 valence electrons. The van der Waals surface area contributed by atoms with Gasteiger partial charge < -0.3 is 10.6 Å². The molecule has 0 aliphatic carbocycles. The molecule has 22 heavy (non-hydrogen) atoms. The third kappa shape index (κ3) is 3.69. The highest BCUT2D eigenvalue weighted by Crippen LogP contribution is 2.20. The van der Waals surface area contributed by atoms with Crippen LogP contribution < -0.4 is 10.6 Å². The van der Waals surface area contributed by atoms with E-state index in [-0.39, 0.29) is 12.4 Å². The zero-order valence-corrected chi connectivity index (χ0v) is 12.3. The van der Waals surface area contributed by atoms with Crippen LogP contribution in [0.3, 0.4) is 0 Å². The third-order valence-corrected chi connectivity index (χ3v) is 3.40. The van der Waals surface area contributed by atoms with E-state index in [4.69, 9.17) is 5.73 Å². The standard InChI is InChI=1S/C17H17FN2O2/c1-12-4-2-3-5-15(12)20(17(22)16(19)21)11-10-13-6-8-14(18)9-7-13/h2-9H,10-11H2,1H3,(H2,19,21). The van der Waals surface area contributed by atoms with Crippen molar-refractivity contribution in [3.05, 3.63) is 65.5 Å². The van der Waals surface area contributed by atoms with Gasteiger partial charge in [0.2, 0.25) is 0 Å². The Morgan fingerprint density at radius 3 is 2.32 bits per heavy atom. The predicted molar refractivity (Wildman–Crippen MR) is 82.8 cm³/mol. The van der Waals surface area contributed by atoms with E-state index in [0.29, 0.717) is 12.1 Å². The van der Waals surface area contributed by atoms with E-state index < -0.39 is 11.8 Å². The van der Waals surface area contributed by atoms with Crippen LogP contribution in [0.1, 0.15) is 11.1 Å². The lowest BCUT2D eigenvalue weighted by Crippen LogP contribution is -2.42. The maximum absolute atomic E-state index is 12.9. The zero-order chi connectivity index (χ0) is 16.1. The lowest BCUT2D eigenvalue weighted by atomic mass is 10.1. The minimum atomic E-state index is -0.998. The van der Waals surface area contributed by atoms with Crippen molar-refractivity contribution in [1.82, 2.24) is 0 Å². The van der Waals surface area contributed by atoms with Crippen LogP contribution in [0.15, 0.2) is 48.5 Å². The van der Waals surface area contributed by atoms with E-state index in [9.17, 15) is 14.0 Å². The molecule has 2 rings (SSSR count). The van der Waals surface area contributed by atoms with E-state index in [1.165, 1.54) is 17.0 Å². The molecule has 2 amide bonds. The highest BCUT2D eigenvalue weighted by Gasteiger charge is 2.21. The van der Waals surface area contributed by atoms with Crippen molar-refractivity contribution in [2.45, 2.75) is 13.3 Å². The van der Waals surface area contributed by atoms with Gasteiger partial charge in [-0.05, 0) is 42.7 Å². The topological polar surface area (TPSA) is 63.4 Å². The minimum absolute atomic E-state index is 0.290. The molecule has 0 saturated carbocycles. The number of nitrogens with zero attached hydrogens (tertiary/aromatic N) is 1. The zero-order valence-electron chi connectivity index (χ0n) is 12.3. The number of benzene rings is 2. The first-order valence-corrected chi connectivity index (χ1v) is 6.90. The van der Waals surface area contributed by atoms with E-state index in [2.05, 4.69) is 0 Å². The fourth-order valence-electron chi connectivity index (χ4n) is 2.22. The van der Waals surface area contributed by atoms with Gasteiger partial charge in [-0.15, -0.1) is 0 Å². The summed E-state index contributed by atoms with van der Waals surface area (Å²) in [6.07, 6.45) is 0.494. The maximum atomic E-state index is 12.9. The molecule has 2 aromatic carbocycles. The number of anilines is 1. The molecular weight excluding hydrogens is 283 g/mol. The van der Waals surface area contributed by atoms with Crippen LogP contribution in [0, 0.1) is 12.7 Å². The monoisotopic (exact) mass is 300 g/mol. The van der Waals surface area contributed by atoms with Gasteiger partial charge in [0.05, 0.1) is 0 Å². The number of para-hydroxylation sites is 1. The number of amides is 2. The summed E-state index contributed by atoms with van der Waals surface area (Å²) in [6.45, 7) is 2.15. The number of hydrogen-bond donors (Lipinski definition) is 1. The number of carbonyl (C=O) groups is 2. The second-order valence-electron chi connectivity index (χ2n) is 4.98. The Kier molecular flexibility index (Phi) is 4.88. The van der Waals surface area contributed by atoms with Crippen molar-refractivity contribution in [3.8, 4) is 0 Å². The summed E-state index contributed by atoms with van der Waals surface area (Å²) < 4.78 is 12.9. The summed E-state index contributed by atoms with van der Waals surface area (Å²) in [5.41, 5.74) is 7.52. The Morgan fingerprint density at radius 2 is 1.73 bits per heavy atom. The van der Waals surface area contributed by atoms with Gasteiger partial charge in [-0.25, -0.2) is 4.39 Å². The van der Waals surface area contributed by atoms with Crippen LogP contribution in [0.4, 0.5) is 10.1 Å². The molecule has 2 N–H and O–H groups in total. The molecule has 0 radical (unpaired) electrons. The Morgan fingerprint density at radius 1 is 1.09 bits per heavy atom. The van der Waals surface area contributed by atoms with Crippen molar-refractivity contribution in [1.29, 1.82) is 0 Å². The van der Waals surface area contributed by atoms with Gasteiger partial charge in [-0.2, -0.15) is 0 Å². The van der Waals surface area contributed by atoms with Crippen molar-refractivity contribution in [2.75, 3.05) is 11.4 Å². The average molecular weight is 300 g/mol. The van der Waals surface area contributed by atoms with Crippen LogP contribution in [-0.2, 0) is 16.0 Å². The SMILES string of the molecule is Cc1ccccc1N(CCc1ccc(F)cc1)C(=O)C(N)=O. The molecule has 0 heterocycles. The van der Waals surface area contributed by atoms with Crippen LogP contribution in [-0.4, -0.2) is 18.4 Å². The molecule has 5 heteroatoms. The molecule has 4 nitrogen and oxygen atoms in total. The van der Waals surface area contributed by atoms with Gasteiger partial charge in [0.25, 0.3) is 0 Å². The Hall–Kier alpha value is -2.69. The van der Waals surface area contributed by atoms with Crippen molar-refractivity contribution < 1.29 is 14.0 Å². The van der Waals surface area contributed by atoms with Crippen LogP contribution in [0.25, 0.3) is 0 Å². The molecule has 0 atom stereocenters. The fourth-order valence-corrected chi connectivity index (χ4v) is 2.22. The molecule has 0 aliphatic heterocycles. The Balaban J connectivity index is 2.22. The van der Waals surface area contributed by atoms with E-state index in [1.54, 1.807) is 24.3 Å². The van der Waals surface area contributed by atoms with Crippen molar-refractivity contribution in [2.24, 2.45) is 5.73 Å². The highest BCUT2D eigenvalue weighted by molar-refractivity contribution is 6.39. The summed E-state index contributed by atoms with van der Waals surface area (Å²) in [6, 6.07) is 13.3. The van der Waals surface area contributed by atoms with Crippen molar-refractivity contribution >= 4 is 17.5 Å². The molecule has 0 bridgehead atoms. The van der Waals surface area contributed by atoms with E-state index in [0.717, 1.165) is 11.1 Å². The maximum Gasteiger partial charge on any atom is 0.316 e. The number of nitrogens with two attached hydrogens (primary N) is 1. The molecule has 0 aromatic heterocycles. The molecule has 0 unspecified atom stereocenters. The summed E-state index contributed by atoms with van der Waals surface area (Å²) in [5, 5.41) is 0. The molecule has 2 aromatic rings. The number of primary amides is 1. The van der Waals surface area contributed by atoms with Crippen LogP contribution in [0.2, 0.25) is 0 Å². The summed E-state index contributed by atoms with van der Waals surface area (Å²) in [4.78, 5) is 24.7. The van der Waals surface area contributed by atoms with Crippen LogP contribution in [0.5, 0.6) is 0 Å². The summed E-state index contributed by atoms with van der Waals surface area (Å²) in [5.74, 6) is -2.06. The van der Waals surface area contributed by atoms with Crippen LogP contribution >= 0.6 is 0 Å². The number of hydrogen-bond acceptors (Lipinski definition) is 2. The Labute approximate surface area is 128 Å². The lowest BCUT2D eigenvalue weighted by molar-refractivity contribution is -0.135. The summed E-state index contributed by atoms with van der Waals surface area (Å²) in [7, 11) is 0. The van der Waals surface area contributed by atoms with Crippen molar-refractivity contribution in [3.63, 3.8) is 0 Å². The molecular formula is C17H17FN2O2. The van der Waals surface area contributed by atoms with E-state index >= 15 is 0 Å². The average Bonchev–Trinajstić information content (AvgIpc) is 2.50. The molecule has 0 fully saturated rings. The first-order valence-electron chi connectivity index (χ1n) is 6.90. The third-order valence-electron chi connectivity index (χ3n) is 3.40. The number of halogens is 1. The van der Waals surface area contributed by atoms with E-state index in [1.807, 2.05) is 19.1 Å². The summed E-state index contributed by atoms with van der Waals surface area (Å²) >= 11 is 0. The number of aryl methyl sites for hydroxylation is 1. The number of rotatable bonds is 4. The van der Waals surface area contributed by atoms with Gasteiger partial charge in [-0.3, -0.25) is 9.59 Å². The first-order chi connectivity index (χ1) is 10.5. The van der Waals surface area contributed by atoms with Gasteiger partial charge in [0.1, 0.15) is 5.82 Å².